The summed E-state index contributed by atoms with van der Waals surface area (Å²) in [5, 5.41) is 1.25. The van der Waals surface area contributed by atoms with E-state index in [1.807, 2.05) is 26.0 Å². The van der Waals surface area contributed by atoms with Gasteiger partial charge in [0.05, 0.1) is 16.8 Å². The van der Waals surface area contributed by atoms with Gasteiger partial charge in [0.25, 0.3) is 5.56 Å². The third-order valence-corrected chi connectivity index (χ3v) is 6.97. The van der Waals surface area contributed by atoms with Gasteiger partial charge >= 0.3 is 0 Å². The van der Waals surface area contributed by atoms with Crippen molar-refractivity contribution in [2.75, 3.05) is 0 Å². The Morgan fingerprint density at radius 3 is 2.86 bits per heavy atom. The normalized spacial score (nSPS) is 17.1. The average Bonchev–Trinajstić information content (AvgIpc) is 2.96. The van der Waals surface area contributed by atoms with Gasteiger partial charge in [-0.25, -0.2) is 9.98 Å². The zero-order chi connectivity index (χ0) is 19.8. The number of nitrogens with zero attached hydrogens (tertiary/aromatic N) is 2. The zero-order valence-electron chi connectivity index (χ0n) is 16.3. The second kappa shape index (κ2) is 7.72. The number of hydrogen-bond donors (Lipinski definition) is 2. The number of thiophene rings is 1. The van der Waals surface area contributed by atoms with Gasteiger partial charge in [0.1, 0.15) is 10.7 Å². The lowest BCUT2D eigenvalue weighted by atomic mass is 9.89. The van der Waals surface area contributed by atoms with Crippen molar-refractivity contribution in [3.63, 3.8) is 0 Å². The molecule has 0 fully saturated rings. The van der Waals surface area contributed by atoms with Crippen LogP contribution in [0.25, 0.3) is 10.2 Å². The number of benzene rings is 1. The summed E-state index contributed by atoms with van der Waals surface area (Å²) in [6.07, 6.45) is 3.17. The maximum absolute atomic E-state index is 12.7. The summed E-state index contributed by atoms with van der Waals surface area (Å²) in [6, 6.07) is 6.11. The van der Waals surface area contributed by atoms with E-state index in [-0.39, 0.29) is 5.56 Å². The topological polar surface area (TPSA) is 84.1 Å². The van der Waals surface area contributed by atoms with Crippen LogP contribution in [-0.4, -0.2) is 15.1 Å². The summed E-state index contributed by atoms with van der Waals surface area (Å²) in [5.74, 6) is 1.81. The van der Waals surface area contributed by atoms with Crippen LogP contribution in [0.1, 0.15) is 40.7 Å². The molecule has 1 aliphatic rings. The van der Waals surface area contributed by atoms with Crippen molar-refractivity contribution in [3.05, 3.63) is 55.9 Å². The molecule has 0 saturated carbocycles. The fourth-order valence-corrected chi connectivity index (χ4v) is 5.77. The van der Waals surface area contributed by atoms with Crippen molar-refractivity contribution < 1.29 is 0 Å². The summed E-state index contributed by atoms with van der Waals surface area (Å²) >= 11 is 3.06. The number of rotatable bonds is 3. The number of fused-ring (bicyclic) bond motifs is 3. The standard InChI is InChI=1S/C21H24N4OS2/c1-11-4-5-15-16(9-11)28-20-18(15)19(26)24-17(25-20)10-27-21(22)23-14-7-12(2)6-13(3)8-14/h6-8,11H,4-5,9-10H2,1-3H3,(H2,22,23)(H,24,25,26)/t11-/m1/s1. The Morgan fingerprint density at radius 2 is 2.11 bits per heavy atom. The Morgan fingerprint density at radius 1 is 1.36 bits per heavy atom. The minimum absolute atomic E-state index is 0.0301. The first kappa shape index (κ1) is 19.2. The second-order valence-corrected chi connectivity index (χ2v) is 9.71. The molecule has 7 heteroatoms. The van der Waals surface area contributed by atoms with E-state index in [1.165, 1.54) is 22.2 Å². The lowest BCUT2D eigenvalue weighted by Crippen LogP contribution is -2.15. The lowest BCUT2D eigenvalue weighted by Gasteiger charge is -2.17. The van der Waals surface area contributed by atoms with E-state index >= 15 is 0 Å². The molecule has 2 heterocycles. The van der Waals surface area contributed by atoms with Gasteiger partial charge in [-0.05, 0) is 67.9 Å². The summed E-state index contributed by atoms with van der Waals surface area (Å²) in [7, 11) is 0. The maximum Gasteiger partial charge on any atom is 0.259 e. The van der Waals surface area contributed by atoms with Crippen LogP contribution in [0.2, 0.25) is 0 Å². The van der Waals surface area contributed by atoms with E-state index in [0.717, 1.165) is 46.3 Å². The van der Waals surface area contributed by atoms with Gasteiger partial charge in [0, 0.05) is 4.88 Å². The number of nitrogens with one attached hydrogen (secondary N) is 1. The first-order valence-corrected chi connectivity index (χ1v) is 11.3. The van der Waals surface area contributed by atoms with Crippen LogP contribution in [0.4, 0.5) is 5.69 Å². The van der Waals surface area contributed by atoms with E-state index in [2.05, 4.69) is 23.0 Å². The number of aryl methyl sites for hydroxylation is 3. The number of aromatic amines is 1. The second-order valence-electron chi connectivity index (χ2n) is 7.63. The van der Waals surface area contributed by atoms with Crippen LogP contribution in [0, 0.1) is 19.8 Å². The van der Waals surface area contributed by atoms with E-state index in [9.17, 15) is 4.79 Å². The fourth-order valence-electron chi connectivity index (χ4n) is 3.78. The number of H-pyrrole nitrogens is 1. The molecule has 0 aliphatic heterocycles. The number of aliphatic imine (C=N–C) groups is 1. The van der Waals surface area contributed by atoms with E-state index < -0.39 is 0 Å². The molecule has 3 N–H and O–H groups in total. The molecule has 2 aromatic heterocycles. The molecule has 28 heavy (non-hydrogen) atoms. The smallest absolute Gasteiger partial charge is 0.259 e. The molecule has 146 valence electrons. The molecule has 0 amide bonds. The Balaban J connectivity index is 1.55. The quantitative estimate of drug-likeness (QED) is 0.486. The first-order valence-electron chi connectivity index (χ1n) is 9.47. The zero-order valence-corrected chi connectivity index (χ0v) is 18.0. The Labute approximate surface area is 172 Å². The average molecular weight is 413 g/mol. The molecule has 0 radical (unpaired) electrons. The molecule has 1 aromatic carbocycles. The SMILES string of the molecule is Cc1cc(C)cc(N=C(N)SCc2nc3sc4c(c3c(=O)[nH]2)CC[C@@H](C)C4)c1. The summed E-state index contributed by atoms with van der Waals surface area (Å²) in [6.45, 7) is 6.35. The highest BCUT2D eigenvalue weighted by atomic mass is 32.2. The number of hydrogen-bond acceptors (Lipinski definition) is 5. The minimum Gasteiger partial charge on any atom is -0.378 e. The van der Waals surface area contributed by atoms with Crippen LogP contribution in [0.15, 0.2) is 28.0 Å². The summed E-state index contributed by atoms with van der Waals surface area (Å²) < 4.78 is 0. The van der Waals surface area contributed by atoms with E-state index in [0.29, 0.717) is 22.7 Å². The van der Waals surface area contributed by atoms with Gasteiger partial charge in [0.15, 0.2) is 5.17 Å². The third-order valence-electron chi connectivity index (χ3n) is 5.02. The van der Waals surface area contributed by atoms with Gasteiger partial charge < -0.3 is 10.7 Å². The van der Waals surface area contributed by atoms with Gasteiger partial charge in [-0.15, -0.1) is 11.3 Å². The van der Waals surface area contributed by atoms with E-state index in [1.54, 1.807) is 11.3 Å². The van der Waals surface area contributed by atoms with Crippen molar-refractivity contribution in [3.8, 4) is 0 Å². The number of thioether (sulfide) groups is 1. The minimum atomic E-state index is -0.0301. The molecule has 0 bridgehead atoms. The molecule has 0 unspecified atom stereocenters. The lowest BCUT2D eigenvalue weighted by molar-refractivity contribution is 0.509. The molecule has 1 atom stereocenters. The van der Waals surface area contributed by atoms with Gasteiger partial charge in [-0.2, -0.15) is 0 Å². The largest absolute Gasteiger partial charge is 0.378 e. The Bertz CT molecular complexity index is 1110. The van der Waals surface area contributed by atoms with E-state index in [4.69, 9.17) is 10.7 Å². The number of nitrogens with two attached hydrogens (primary N) is 1. The summed E-state index contributed by atoms with van der Waals surface area (Å²) in [4.78, 5) is 27.0. The van der Waals surface area contributed by atoms with Crippen LogP contribution in [0.5, 0.6) is 0 Å². The maximum atomic E-state index is 12.7. The molecule has 0 spiro atoms. The highest BCUT2D eigenvalue weighted by Crippen LogP contribution is 2.35. The van der Waals surface area contributed by atoms with Crippen LogP contribution < -0.4 is 11.3 Å². The van der Waals surface area contributed by atoms with Crippen molar-refractivity contribution in [1.29, 1.82) is 0 Å². The first-order chi connectivity index (χ1) is 13.4. The molecule has 4 rings (SSSR count). The molecular weight excluding hydrogens is 388 g/mol. The van der Waals surface area contributed by atoms with Crippen LogP contribution >= 0.6 is 23.1 Å². The fraction of sp³-hybridized carbons (Fsp3) is 0.381. The highest BCUT2D eigenvalue weighted by Gasteiger charge is 2.23. The molecule has 0 saturated heterocycles. The molecule has 5 nitrogen and oxygen atoms in total. The molecule has 1 aliphatic carbocycles. The van der Waals surface area contributed by atoms with Crippen molar-refractivity contribution in [2.45, 2.75) is 45.8 Å². The van der Waals surface area contributed by atoms with Crippen LogP contribution in [0.3, 0.4) is 0 Å². The van der Waals surface area contributed by atoms with Gasteiger partial charge in [-0.1, -0.05) is 24.8 Å². The predicted octanol–water partition coefficient (Wildman–Crippen LogP) is 4.61. The number of aromatic nitrogens is 2. The Hall–Kier alpha value is -2.12. The van der Waals surface area contributed by atoms with Crippen molar-refractivity contribution in [2.24, 2.45) is 16.6 Å². The van der Waals surface area contributed by atoms with Gasteiger partial charge in [-0.3, -0.25) is 4.79 Å². The Kier molecular flexibility index (Phi) is 5.29. The highest BCUT2D eigenvalue weighted by molar-refractivity contribution is 8.13. The predicted molar refractivity (Wildman–Crippen MR) is 120 cm³/mol. The number of amidine groups is 1. The molecule has 3 aromatic rings. The van der Waals surface area contributed by atoms with Crippen molar-refractivity contribution >= 4 is 44.2 Å². The van der Waals surface area contributed by atoms with Gasteiger partial charge in [0.2, 0.25) is 0 Å². The van der Waals surface area contributed by atoms with Crippen LogP contribution in [-0.2, 0) is 18.6 Å². The molecular formula is C21H24N4OS2. The van der Waals surface area contributed by atoms with Crippen molar-refractivity contribution in [1.82, 2.24) is 9.97 Å². The third kappa shape index (κ3) is 4.00. The monoisotopic (exact) mass is 412 g/mol. The summed E-state index contributed by atoms with van der Waals surface area (Å²) in [5.41, 5.74) is 10.4.